The number of sulfonamides is 1. The molecule has 0 radical (unpaired) electrons. The van der Waals surface area contributed by atoms with Crippen molar-refractivity contribution in [2.75, 3.05) is 18.9 Å². The van der Waals surface area contributed by atoms with Gasteiger partial charge in [0.2, 0.25) is 0 Å². The number of anilines is 1. The molecule has 0 fully saturated rings. The second-order valence-corrected chi connectivity index (χ2v) is 7.72. The Bertz CT molecular complexity index is 1040. The van der Waals surface area contributed by atoms with Gasteiger partial charge in [0.25, 0.3) is 10.0 Å². The number of benzene rings is 3. The first-order valence-corrected chi connectivity index (χ1v) is 9.84. The molecular formula is C21H21NO4S. The van der Waals surface area contributed by atoms with E-state index in [1.807, 2.05) is 31.2 Å². The maximum atomic E-state index is 12.8. The van der Waals surface area contributed by atoms with Gasteiger partial charge in [-0.25, -0.2) is 8.42 Å². The van der Waals surface area contributed by atoms with Crippen LogP contribution in [0.15, 0.2) is 71.6 Å². The van der Waals surface area contributed by atoms with Crippen LogP contribution in [0, 0.1) is 6.92 Å². The molecule has 0 aromatic heterocycles. The van der Waals surface area contributed by atoms with Crippen LogP contribution in [-0.4, -0.2) is 22.6 Å². The highest BCUT2D eigenvalue weighted by atomic mass is 32.2. The summed E-state index contributed by atoms with van der Waals surface area (Å²) in [6, 6.07) is 19.4. The number of ether oxygens (including phenoxy) is 2. The smallest absolute Gasteiger partial charge is 0.261 e. The van der Waals surface area contributed by atoms with Gasteiger partial charge in [0.15, 0.2) is 11.5 Å². The van der Waals surface area contributed by atoms with Crippen LogP contribution < -0.4 is 14.2 Å². The van der Waals surface area contributed by atoms with Gasteiger partial charge in [-0.1, -0.05) is 42.0 Å². The standard InChI is InChI=1S/C21H21NO4S/c1-15-8-11-17(12-9-15)27(23,24)22-19-7-5-4-6-18(19)16-10-13-20(25-2)21(14-16)26-3/h4-14,22H,1-3H3. The van der Waals surface area contributed by atoms with Gasteiger partial charge < -0.3 is 9.47 Å². The molecule has 6 heteroatoms. The van der Waals surface area contributed by atoms with Crippen molar-refractivity contribution in [3.8, 4) is 22.6 Å². The molecule has 0 aliphatic carbocycles. The highest BCUT2D eigenvalue weighted by molar-refractivity contribution is 7.92. The highest BCUT2D eigenvalue weighted by Gasteiger charge is 2.17. The molecule has 0 heterocycles. The minimum atomic E-state index is -3.70. The Hall–Kier alpha value is -2.99. The van der Waals surface area contributed by atoms with Crippen LogP contribution in [-0.2, 0) is 10.0 Å². The molecule has 0 bridgehead atoms. The van der Waals surface area contributed by atoms with Crippen molar-refractivity contribution in [2.24, 2.45) is 0 Å². The summed E-state index contributed by atoms with van der Waals surface area (Å²) in [5, 5.41) is 0. The maximum absolute atomic E-state index is 12.8. The van der Waals surface area contributed by atoms with E-state index in [4.69, 9.17) is 9.47 Å². The molecule has 0 spiro atoms. The first kappa shape index (κ1) is 18.8. The Labute approximate surface area is 159 Å². The molecule has 1 N–H and O–H groups in total. The first-order valence-electron chi connectivity index (χ1n) is 8.35. The summed E-state index contributed by atoms with van der Waals surface area (Å²) < 4.78 is 38.8. The molecule has 0 saturated carbocycles. The van der Waals surface area contributed by atoms with Crippen LogP contribution >= 0.6 is 0 Å². The fourth-order valence-corrected chi connectivity index (χ4v) is 3.83. The third-order valence-electron chi connectivity index (χ3n) is 4.20. The van der Waals surface area contributed by atoms with Crippen molar-refractivity contribution in [1.82, 2.24) is 0 Å². The van der Waals surface area contributed by atoms with E-state index in [1.54, 1.807) is 56.7 Å². The predicted molar refractivity (Wildman–Crippen MR) is 107 cm³/mol. The monoisotopic (exact) mass is 383 g/mol. The van der Waals surface area contributed by atoms with E-state index in [-0.39, 0.29) is 4.90 Å². The van der Waals surface area contributed by atoms with Crippen LogP contribution in [0.1, 0.15) is 5.56 Å². The van der Waals surface area contributed by atoms with E-state index in [9.17, 15) is 8.42 Å². The lowest BCUT2D eigenvalue weighted by molar-refractivity contribution is 0.355. The lowest BCUT2D eigenvalue weighted by atomic mass is 10.0. The van der Waals surface area contributed by atoms with E-state index < -0.39 is 10.0 Å². The van der Waals surface area contributed by atoms with E-state index in [2.05, 4.69) is 4.72 Å². The normalized spacial score (nSPS) is 11.1. The molecule has 27 heavy (non-hydrogen) atoms. The van der Waals surface area contributed by atoms with Crippen LogP contribution in [0.2, 0.25) is 0 Å². The number of hydrogen-bond donors (Lipinski definition) is 1. The summed E-state index contributed by atoms with van der Waals surface area (Å²) in [7, 11) is -0.561. The largest absolute Gasteiger partial charge is 0.493 e. The molecule has 3 rings (SSSR count). The summed E-state index contributed by atoms with van der Waals surface area (Å²) in [5.41, 5.74) is 3.05. The zero-order valence-corrected chi connectivity index (χ0v) is 16.2. The number of aryl methyl sites for hydroxylation is 1. The summed E-state index contributed by atoms with van der Waals surface area (Å²) in [4.78, 5) is 0.218. The van der Waals surface area contributed by atoms with Crippen molar-refractivity contribution < 1.29 is 17.9 Å². The molecule has 0 aliphatic rings. The van der Waals surface area contributed by atoms with E-state index in [1.165, 1.54) is 0 Å². The van der Waals surface area contributed by atoms with Crippen LogP contribution in [0.25, 0.3) is 11.1 Å². The van der Waals surface area contributed by atoms with Gasteiger partial charge in [0.05, 0.1) is 24.8 Å². The lowest BCUT2D eigenvalue weighted by Gasteiger charge is -2.15. The van der Waals surface area contributed by atoms with E-state index >= 15 is 0 Å². The van der Waals surface area contributed by atoms with Crippen molar-refractivity contribution in [2.45, 2.75) is 11.8 Å². The van der Waals surface area contributed by atoms with Gasteiger partial charge in [0.1, 0.15) is 0 Å². The number of para-hydroxylation sites is 1. The van der Waals surface area contributed by atoms with Crippen LogP contribution in [0.3, 0.4) is 0 Å². The van der Waals surface area contributed by atoms with Crippen molar-refractivity contribution >= 4 is 15.7 Å². The molecule has 3 aromatic rings. The predicted octanol–water partition coefficient (Wildman–Crippen LogP) is 4.48. The van der Waals surface area contributed by atoms with Crippen molar-refractivity contribution in [3.05, 3.63) is 72.3 Å². The van der Waals surface area contributed by atoms with Crippen molar-refractivity contribution in [1.29, 1.82) is 0 Å². The molecule has 0 saturated heterocycles. The zero-order valence-electron chi connectivity index (χ0n) is 15.4. The average Bonchev–Trinajstić information content (AvgIpc) is 2.68. The van der Waals surface area contributed by atoms with Gasteiger partial charge in [0, 0.05) is 5.56 Å². The number of nitrogens with one attached hydrogen (secondary N) is 1. The second-order valence-electron chi connectivity index (χ2n) is 6.03. The third-order valence-corrected chi connectivity index (χ3v) is 5.58. The van der Waals surface area contributed by atoms with Crippen LogP contribution in [0.4, 0.5) is 5.69 Å². The fourth-order valence-electron chi connectivity index (χ4n) is 2.75. The molecular weight excluding hydrogens is 362 g/mol. The number of hydrogen-bond acceptors (Lipinski definition) is 4. The second kappa shape index (κ2) is 7.72. The maximum Gasteiger partial charge on any atom is 0.261 e. The Kier molecular flexibility index (Phi) is 5.37. The molecule has 0 aliphatic heterocycles. The SMILES string of the molecule is COc1ccc(-c2ccccc2NS(=O)(=O)c2ccc(C)cc2)cc1OC. The molecule has 0 atom stereocenters. The summed E-state index contributed by atoms with van der Waals surface area (Å²) >= 11 is 0. The molecule has 0 unspecified atom stereocenters. The van der Waals surface area contributed by atoms with E-state index in [0.717, 1.165) is 16.7 Å². The van der Waals surface area contributed by atoms with Gasteiger partial charge in [-0.15, -0.1) is 0 Å². The van der Waals surface area contributed by atoms with Gasteiger partial charge in [-0.3, -0.25) is 4.72 Å². The van der Waals surface area contributed by atoms with Crippen molar-refractivity contribution in [3.63, 3.8) is 0 Å². The Morgan fingerprint density at radius 3 is 2.15 bits per heavy atom. The first-order chi connectivity index (χ1) is 12.9. The minimum absolute atomic E-state index is 0.218. The summed E-state index contributed by atoms with van der Waals surface area (Å²) in [5.74, 6) is 1.19. The quantitative estimate of drug-likeness (QED) is 0.682. The molecule has 0 amide bonds. The molecule has 140 valence electrons. The minimum Gasteiger partial charge on any atom is -0.493 e. The Morgan fingerprint density at radius 1 is 0.815 bits per heavy atom. The Morgan fingerprint density at radius 2 is 1.48 bits per heavy atom. The molecule has 3 aromatic carbocycles. The Balaban J connectivity index is 2.01. The fraction of sp³-hybridized carbons (Fsp3) is 0.143. The molecule has 5 nitrogen and oxygen atoms in total. The number of rotatable bonds is 6. The average molecular weight is 383 g/mol. The topological polar surface area (TPSA) is 64.6 Å². The summed E-state index contributed by atoms with van der Waals surface area (Å²) in [6.45, 7) is 1.91. The van der Waals surface area contributed by atoms with Gasteiger partial charge >= 0.3 is 0 Å². The lowest BCUT2D eigenvalue weighted by Crippen LogP contribution is -2.13. The van der Waals surface area contributed by atoms with Gasteiger partial charge in [-0.05, 0) is 42.8 Å². The zero-order chi connectivity index (χ0) is 19.4. The van der Waals surface area contributed by atoms with Gasteiger partial charge in [-0.2, -0.15) is 0 Å². The summed E-state index contributed by atoms with van der Waals surface area (Å²) in [6.07, 6.45) is 0. The van der Waals surface area contributed by atoms with E-state index in [0.29, 0.717) is 17.2 Å². The highest BCUT2D eigenvalue weighted by Crippen LogP contribution is 2.36. The number of methoxy groups -OCH3 is 2. The third kappa shape index (κ3) is 4.06. The van der Waals surface area contributed by atoms with Crippen LogP contribution in [0.5, 0.6) is 11.5 Å².